The van der Waals surface area contributed by atoms with Crippen molar-refractivity contribution in [3.8, 4) is 0 Å². The minimum Gasteiger partial charge on any atom is -0.452 e. The van der Waals surface area contributed by atoms with Crippen LogP contribution in [0.2, 0.25) is 5.02 Å². The molecule has 0 aliphatic heterocycles. The van der Waals surface area contributed by atoms with Gasteiger partial charge >= 0.3 is 5.97 Å². The van der Waals surface area contributed by atoms with Gasteiger partial charge in [0.2, 0.25) is 0 Å². The first-order chi connectivity index (χ1) is 14.2. The highest BCUT2D eigenvalue weighted by Crippen LogP contribution is 2.23. The Morgan fingerprint density at radius 3 is 2.47 bits per heavy atom. The van der Waals surface area contributed by atoms with Crippen LogP contribution >= 0.6 is 11.6 Å². The maximum absolute atomic E-state index is 12.3. The molecule has 2 amide bonds. The number of non-ortho nitro benzene ring substituents is 1. The number of rotatable bonds is 8. The number of para-hydroxylation sites is 1. The molecule has 2 rings (SSSR count). The molecule has 2 N–H and O–H groups in total. The molecule has 0 spiro atoms. The Labute approximate surface area is 177 Å². The summed E-state index contributed by atoms with van der Waals surface area (Å²) in [5.74, 6) is -1.64. The Morgan fingerprint density at radius 2 is 1.83 bits per heavy atom. The van der Waals surface area contributed by atoms with E-state index >= 15 is 0 Å². The van der Waals surface area contributed by atoms with E-state index in [0.29, 0.717) is 6.54 Å². The number of benzene rings is 2. The van der Waals surface area contributed by atoms with Crippen LogP contribution in [-0.4, -0.2) is 35.9 Å². The largest absolute Gasteiger partial charge is 0.452 e. The summed E-state index contributed by atoms with van der Waals surface area (Å²) < 4.78 is 4.92. The lowest BCUT2D eigenvalue weighted by molar-refractivity contribution is -0.384. The average Bonchev–Trinajstić information content (AvgIpc) is 2.70. The lowest BCUT2D eigenvalue weighted by Gasteiger charge is -2.12. The number of carbonyl (C=O) groups excluding carboxylic acids is 3. The first kappa shape index (κ1) is 22.8. The van der Waals surface area contributed by atoms with Crippen molar-refractivity contribution in [1.29, 1.82) is 0 Å². The number of hydrogen-bond donors (Lipinski definition) is 2. The van der Waals surface area contributed by atoms with Crippen molar-refractivity contribution < 1.29 is 24.0 Å². The molecule has 2 aromatic carbocycles. The Bertz CT molecular complexity index is 977. The number of nitro benzene ring substituents is 1. The van der Waals surface area contributed by atoms with E-state index in [1.807, 2.05) is 13.8 Å². The van der Waals surface area contributed by atoms with Gasteiger partial charge in [0.25, 0.3) is 17.5 Å². The Balaban J connectivity index is 1.99. The fraction of sp³-hybridized carbons (Fsp3) is 0.250. The third kappa shape index (κ3) is 6.28. The monoisotopic (exact) mass is 433 g/mol. The standard InChI is InChI=1S/C20H20ClN3O6/c1-12(2)10-22-19(26)15-5-3-4-6-17(15)23-18(25)11-30-20(27)14-8-7-13(24(28)29)9-16(14)21/h3-9,12H,10-11H2,1-2H3,(H,22,26)(H,23,25). The van der Waals surface area contributed by atoms with Gasteiger partial charge < -0.3 is 15.4 Å². The number of amides is 2. The Hall–Kier alpha value is -3.46. The topological polar surface area (TPSA) is 128 Å². The third-order valence-electron chi connectivity index (χ3n) is 3.83. The second-order valence-electron chi connectivity index (χ2n) is 6.70. The normalized spacial score (nSPS) is 10.4. The molecule has 30 heavy (non-hydrogen) atoms. The van der Waals surface area contributed by atoms with Gasteiger partial charge in [-0.05, 0) is 24.1 Å². The van der Waals surface area contributed by atoms with E-state index in [2.05, 4.69) is 10.6 Å². The van der Waals surface area contributed by atoms with Crippen LogP contribution in [-0.2, 0) is 9.53 Å². The van der Waals surface area contributed by atoms with Crippen molar-refractivity contribution in [3.63, 3.8) is 0 Å². The molecular weight excluding hydrogens is 414 g/mol. The zero-order valence-corrected chi connectivity index (χ0v) is 17.1. The number of ether oxygens (including phenoxy) is 1. The number of nitrogens with one attached hydrogen (secondary N) is 2. The summed E-state index contributed by atoms with van der Waals surface area (Å²) in [6, 6.07) is 9.70. The smallest absolute Gasteiger partial charge is 0.340 e. The van der Waals surface area contributed by atoms with E-state index in [-0.39, 0.29) is 39.3 Å². The van der Waals surface area contributed by atoms with Crippen molar-refractivity contribution in [2.24, 2.45) is 5.92 Å². The number of esters is 1. The van der Waals surface area contributed by atoms with Crippen LogP contribution in [0.5, 0.6) is 0 Å². The van der Waals surface area contributed by atoms with E-state index < -0.39 is 23.4 Å². The number of nitrogens with zero attached hydrogens (tertiary/aromatic N) is 1. The summed E-state index contributed by atoms with van der Waals surface area (Å²) >= 11 is 5.87. The molecule has 2 aromatic rings. The predicted octanol–water partition coefficient (Wildman–Crippen LogP) is 3.43. The summed E-state index contributed by atoms with van der Waals surface area (Å²) in [4.78, 5) is 46.7. The number of nitro groups is 1. The van der Waals surface area contributed by atoms with Crippen LogP contribution in [0.4, 0.5) is 11.4 Å². The van der Waals surface area contributed by atoms with Crippen molar-refractivity contribution >= 4 is 40.8 Å². The molecule has 9 nitrogen and oxygen atoms in total. The van der Waals surface area contributed by atoms with Gasteiger partial charge in [-0.15, -0.1) is 0 Å². The van der Waals surface area contributed by atoms with E-state index in [4.69, 9.17) is 16.3 Å². The highest BCUT2D eigenvalue weighted by Gasteiger charge is 2.18. The van der Waals surface area contributed by atoms with E-state index in [1.165, 1.54) is 0 Å². The Kier molecular flexibility index (Phi) is 7.88. The summed E-state index contributed by atoms with van der Waals surface area (Å²) in [5.41, 5.74) is 0.162. The van der Waals surface area contributed by atoms with Crippen LogP contribution in [0.15, 0.2) is 42.5 Å². The maximum atomic E-state index is 12.3. The van der Waals surface area contributed by atoms with Crippen molar-refractivity contribution in [1.82, 2.24) is 5.32 Å². The highest BCUT2D eigenvalue weighted by atomic mass is 35.5. The van der Waals surface area contributed by atoms with Crippen LogP contribution in [0.3, 0.4) is 0 Å². The molecule has 0 atom stereocenters. The van der Waals surface area contributed by atoms with Gasteiger partial charge in [-0.2, -0.15) is 0 Å². The van der Waals surface area contributed by atoms with Gasteiger partial charge in [-0.25, -0.2) is 4.79 Å². The fourth-order valence-corrected chi connectivity index (χ4v) is 2.61. The van der Waals surface area contributed by atoms with E-state index in [0.717, 1.165) is 18.2 Å². The van der Waals surface area contributed by atoms with Gasteiger partial charge in [0, 0.05) is 18.7 Å². The lowest BCUT2D eigenvalue weighted by atomic mass is 10.1. The van der Waals surface area contributed by atoms with Crippen LogP contribution < -0.4 is 10.6 Å². The van der Waals surface area contributed by atoms with Crippen molar-refractivity contribution in [2.45, 2.75) is 13.8 Å². The summed E-state index contributed by atoms with van der Waals surface area (Å²) in [7, 11) is 0. The molecular formula is C20H20ClN3O6. The van der Waals surface area contributed by atoms with Crippen molar-refractivity contribution in [2.75, 3.05) is 18.5 Å². The van der Waals surface area contributed by atoms with Crippen LogP contribution in [0, 0.1) is 16.0 Å². The lowest BCUT2D eigenvalue weighted by Crippen LogP contribution is -2.29. The van der Waals surface area contributed by atoms with Gasteiger partial charge in [-0.3, -0.25) is 19.7 Å². The van der Waals surface area contributed by atoms with Gasteiger partial charge in [-0.1, -0.05) is 37.6 Å². The molecule has 0 radical (unpaired) electrons. The second kappa shape index (κ2) is 10.4. The summed E-state index contributed by atoms with van der Waals surface area (Å²) in [6.07, 6.45) is 0. The molecule has 0 heterocycles. The highest BCUT2D eigenvalue weighted by molar-refractivity contribution is 6.33. The Morgan fingerprint density at radius 1 is 1.13 bits per heavy atom. The molecule has 0 unspecified atom stereocenters. The molecule has 0 aliphatic carbocycles. The average molecular weight is 434 g/mol. The SMILES string of the molecule is CC(C)CNC(=O)c1ccccc1NC(=O)COC(=O)c1ccc([N+](=O)[O-])cc1Cl. The molecule has 0 bridgehead atoms. The van der Waals surface area contributed by atoms with Crippen LogP contribution in [0.25, 0.3) is 0 Å². The van der Waals surface area contributed by atoms with Gasteiger partial charge in [0.1, 0.15) is 0 Å². The predicted molar refractivity (Wildman–Crippen MR) is 111 cm³/mol. The molecule has 0 fully saturated rings. The number of hydrogen-bond acceptors (Lipinski definition) is 6. The van der Waals surface area contributed by atoms with E-state index in [9.17, 15) is 24.5 Å². The second-order valence-corrected chi connectivity index (χ2v) is 7.10. The molecule has 0 saturated carbocycles. The number of halogens is 1. The maximum Gasteiger partial charge on any atom is 0.340 e. The first-order valence-corrected chi connectivity index (χ1v) is 9.35. The summed E-state index contributed by atoms with van der Waals surface area (Å²) in [6.45, 7) is 3.77. The zero-order valence-electron chi connectivity index (χ0n) is 16.3. The van der Waals surface area contributed by atoms with E-state index in [1.54, 1.807) is 24.3 Å². The first-order valence-electron chi connectivity index (χ1n) is 8.97. The van der Waals surface area contributed by atoms with Crippen molar-refractivity contribution in [3.05, 3.63) is 68.7 Å². The van der Waals surface area contributed by atoms with Gasteiger partial charge in [0.05, 0.1) is 26.8 Å². The zero-order chi connectivity index (χ0) is 22.3. The molecule has 10 heteroatoms. The fourth-order valence-electron chi connectivity index (χ4n) is 2.36. The summed E-state index contributed by atoms with van der Waals surface area (Å²) in [5, 5.41) is 15.8. The quantitative estimate of drug-likeness (QED) is 0.373. The minimum atomic E-state index is -0.909. The molecule has 0 saturated heterocycles. The van der Waals surface area contributed by atoms with Crippen LogP contribution in [0.1, 0.15) is 34.6 Å². The molecule has 158 valence electrons. The third-order valence-corrected chi connectivity index (χ3v) is 4.15. The molecule has 0 aromatic heterocycles. The minimum absolute atomic E-state index is 0.108. The number of carbonyl (C=O) groups is 3. The van der Waals surface area contributed by atoms with Gasteiger partial charge in [0.15, 0.2) is 6.61 Å². The number of anilines is 1. The molecule has 0 aliphatic rings.